The van der Waals surface area contributed by atoms with Crippen molar-refractivity contribution in [2.75, 3.05) is 6.54 Å². The lowest BCUT2D eigenvalue weighted by Crippen LogP contribution is -2.40. The molecule has 26 heavy (non-hydrogen) atoms. The molecule has 1 amide bonds. The third-order valence-corrected chi connectivity index (χ3v) is 3.71. The smallest absolute Gasteiger partial charge is 0.324 e. The van der Waals surface area contributed by atoms with Crippen molar-refractivity contribution in [1.29, 1.82) is 5.26 Å². The van der Waals surface area contributed by atoms with Gasteiger partial charge >= 0.3 is 5.92 Å². The lowest BCUT2D eigenvalue weighted by Gasteiger charge is -2.14. The highest BCUT2D eigenvalue weighted by Crippen LogP contribution is 2.21. The number of alkyl halides is 2. The van der Waals surface area contributed by atoms with Crippen molar-refractivity contribution in [2.45, 2.75) is 38.5 Å². The molecular formula is C21H24F2N2O. The topological polar surface area (TPSA) is 52.9 Å². The number of hydrogen-bond donors (Lipinski definition) is 1. The van der Waals surface area contributed by atoms with Gasteiger partial charge in [0.2, 0.25) is 0 Å². The van der Waals surface area contributed by atoms with Crippen LogP contribution in [-0.2, 0) is 17.6 Å². The minimum atomic E-state index is -3.41. The zero-order valence-electron chi connectivity index (χ0n) is 14.9. The predicted octanol–water partition coefficient (Wildman–Crippen LogP) is 4.53. The Morgan fingerprint density at radius 1 is 1.04 bits per heavy atom. The van der Waals surface area contributed by atoms with Crippen LogP contribution in [0.2, 0.25) is 0 Å². The highest BCUT2D eigenvalue weighted by Gasteiger charge is 2.37. The van der Waals surface area contributed by atoms with Crippen molar-refractivity contribution < 1.29 is 13.6 Å². The Hall–Kier alpha value is -2.74. The maximum atomic E-state index is 13.3. The van der Waals surface area contributed by atoms with Gasteiger partial charge in [0, 0.05) is 6.42 Å². The summed E-state index contributed by atoms with van der Waals surface area (Å²) in [6.07, 6.45) is 1.35. The van der Waals surface area contributed by atoms with Crippen molar-refractivity contribution in [2.24, 2.45) is 0 Å². The number of nitrogens with one attached hydrogen (secondary N) is 1. The second-order valence-corrected chi connectivity index (χ2v) is 5.72. The molecule has 0 aliphatic heterocycles. The minimum absolute atomic E-state index is 0.219. The highest BCUT2D eigenvalue weighted by atomic mass is 19.3. The van der Waals surface area contributed by atoms with Crippen molar-refractivity contribution in [3.8, 4) is 6.07 Å². The Morgan fingerprint density at radius 2 is 1.58 bits per heavy atom. The number of rotatable bonds is 7. The molecule has 5 heteroatoms. The van der Waals surface area contributed by atoms with Crippen LogP contribution in [0.5, 0.6) is 0 Å². The Bertz CT molecular complexity index is 682. The first-order chi connectivity index (χ1) is 12.5. The van der Waals surface area contributed by atoms with Gasteiger partial charge in [-0.25, -0.2) is 0 Å². The lowest BCUT2D eigenvalue weighted by molar-refractivity contribution is -0.146. The van der Waals surface area contributed by atoms with Crippen LogP contribution in [0.4, 0.5) is 8.78 Å². The first-order valence-corrected chi connectivity index (χ1v) is 8.60. The van der Waals surface area contributed by atoms with Gasteiger partial charge in [-0.1, -0.05) is 67.6 Å². The molecule has 3 nitrogen and oxygen atoms in total. The summed E-state index contributed by atoms with van der Waals surface area (Å²) in [4.78, 5) is 11.1. The van der Waals surface area contributed by atoms with Crippen molar-refractivity contribution in [3.63, 3.8) is 0 Å². The number of carbonyl (C=O) groups is 1. The van der Waals surface area contributed by atoms with Gasteiger partial charge < -0.3 is 5.32 Å². The molecule has 2 rings (SSSR count). The third-order valence-electron chi connectivity index (χ3n) is 3.71. The van der Waals surface area contributed by atoms with Gasteiger partial charge in [-0.3, -0.25) is 4.79 Å². The summed E-state index contributed by atoms with van der Waals surface area (Å²) < 4.78 is 26.6. The largest absolute Gasteiger partial charge is 0.338 e. The van der Waals surface area contributed by atoms with E-state index in [0.29, 0.717) is 6.42 Å². The van der Waals surface area contributed by atoms with E-state index in [9.17, 15) is 13.6 Å². The fourth-order valence-electron chi connectivity index (χ4n) is 2.24. The normalized spacial score (nSPS) is 10.2. The van der Waals surface area contributed by atoms with Gasteiger partial charge in [0.15, 0.2) is 0 Å². The summed E-state index contributed by atoms with van der Waals surface area (Å²) >= 11 is 0. The van der Waals surface area contributed by atoms with E-state index in [2.05, 4.69) is 31.2 Å². The van der Waals surface area contributed by atoms with Crippen LogP contribution >= 0.6 is 0 Å². The maximum Gasteiger partial charge on any atom is 0.324 e. The van der Waals surface area contributed by atoms with Gasteiger partial charge in [-0.05, 0) is 30.4 Å². The van der Waals surface area contributed by atoms with E-state index < -0.39 is 24.8 Å². The fourth-order valence-corrected chi connectivity index (χ4v) is 2.24. The van der Waals surface area contributed by atoms with Gasteiger partial charge in [0.1, 0.15) is 6.54 Å². The fraction of sp³-hybridized carbons (Fsp3) is 0.333. The Labute approximate surface area is 153 Å². The van der Waals surface area contributed by atoms with E-state index in [1.165, 1.54) is 5.56 Å². The first-order valence-electron chi connectivity index (χ1n) is 8.60. The number of amides is 1. The third kappa shape index (κ3) is 8.39. The van der Waals surface area contributed by atoms with Crippen LogP contribution in [0.3, 0.4) is 0 Å². The van der Waals surface area contributed by atoms with Crippen molar-refractivity contribution in [1.82, 2.24) is 5.32 Å². The zero-order valence-corrected chi connectivity index (χ0v) is 14.9. The molecule has 0 bridgehead atoms. The summed E-state index contributed by atoms with van der Waals surface area (Å²) in [6.45, 7) is 1.77. The molecule has 0 atom stereocenters. The number of carbonyl (C=O) groups excluding carboxylic acids is 1. The molecule has 0 spiro atoms. The van der Waals surface area contributed by atoms with Crippen molar-refractivity contribution >= 4 is 5.91 Å². The van der Waals surface area contributed by atoms with Crippen LogP contribution < -0.4 is 5.32 Å². The number of aryl methyl sites for hydroxylation is 2. The lowest BCUT2D eigenvalue weighted by atomic mass is 10.1. The van der Waals surface area contributed by atoms with Gasteiger partial charge in [0.25, 0.3) is 5.91 Å². The van der Waals surface area contributed by atoms with Crippen LogP contribution in [0.25, 0.3) is 0 Å². The summed E-state index contributed by atoms with van der Waals surface area (Å²) in [5.74, 6) is -4.79. The average Bonchev–Trinajstić information content (AvgIpc) is 2.68. The van der Waals surface area contributed by atoms with E-state index in [1.807, 2.05) is 41.7 Å². The summed E-state index contributed by atoms with van der Waals surface area (Å²) in [7, 11) is 0. The van der Waals surface area contributed by atoms with Gasteiger partial charge in [-0.15, -0.1) is 0 Å². The summed E-state index contributed by atoms with van der Waals surface area (Å²) in [6, 6.07) is 21.3. The Balaban J connectivity index is 0.000000350. The average molecular weight is 358 g/mol. The van der Waals surface area contributed by atoms with Gasteiger partial charge in [-0.2, -0.15) is 14.0 Å². The number of nitrogens with zero attached hydrogens (tertiary/aromatic N) is 1. The first kappa shape index (κ1) is 21.3. The molecule has 2 aromatic carbocycles. The SMILES string of the molecule is CCc1ccccc1.N#CCNC(=O)C(F)(F)CCCc1ccccc1. The van der Waals surface area contributed by atoms with E-state index in [1.54, 1.807) is 6.07 Å². The monoisotopic (exact) mass is 358 g/mol. The quantitative estimate of drug-likeness (QED) is 0.739. The van der Waals surface area contributed by atoms with E-state index >= 15 is 0 Å². The number of halogens is 2. The second kappa shape index (κ2) is 11.8. The minimum Gasteiger partial charge on any atom is -0.338 e. The number of benzene rings is 2. The Kier molecular flexibility index (Phi) is 9.63. The molecule has 0 unspecified atom stereocenters. The van der Waals surface area contributed by atoms with Crippen LogP contribution in [0.1, 0.15) is 30.9 Å². The van der Waals surface area contributed by atoms with Crippen LogP contribution in [0, 0.1) is 11.3 Å². The van der Waals surface area contributed by atoms with Crippen LogP contribution in [-0.4, -0.2) is 18.4 Å². The summed E-state index contributed by atoms with van der Waals surface area (Å²) in [5, 5.41) is 10.1. The van der Waals surface area contributed by atoms with E-state index in [0.717, 1.165) is 12.0 Å². The molecule has 0 aromatic heterocycles. The maximum absolute atomic E-state index is 13.3. The molecule has 0 fully saturated rings. The molecule has 0 saturated carbocycles. The molecular weight excluding hydrogens is 334 g/mol. The second-order valence-electron chi connectivity index (χ2n) is 5.72. The highest BCUT2D eigenvalue weighted by molar-refractivity contribution is 5.83. The number of hydrogen-bond acceptors (Lipinski definition) is 2. The molecule has 0 aliphatic carbocycles. The molecule has 138 valence electrons. The molecule has 2 aromatic rings. The van der Waals surface area contributed by atoms with E-state index in [4.69, 9.17) is 5.26 Å². The molecule has 1 N–H and O–H groups in total. The van der Waals surface area contributed by atoms with Crippen LogP contribution in [0.15, 0.2) is 60.7 Å². The molecule has 0 saturated heterocycles. The Morgan fingerprint density at radius 3 is 2.04 bits per heavy atom. The number of nitriles is 1. The van der Waals surface area contributed by atoms with E-state index in [-0.39, 0.29) is 6.42 Å². The molecule has 0 radical (unpaired) electrons. The molecule has 0 heterocycles. The van der Waals surface area contributed by atoms with Gasteiger partial charge in [0.05, 0.1) is 6.07 Å². The van der Waals surface area contributed by atoms with Crippen molar-refractivity contribution in [3.05, 3.63) is 71.8 Å². The standard InChI is InChI=1S/C13H14F2N2O.C8H10/c14-13(15,12(18)17-10-9-16)8-4-7-11-5-2-1-3-6-11;1-2-8-6-4-3-5-7-8/h1-3,5-6H,4,7-8,10H2,(H,17,18);3-7H,2H2,1H3. The zero-order chi connectivity index (χ0) is 19.3. The molecule has 0 aliphatic rings. The summed E-state index contributed by atoms with van der Waals surface area (Å²) in [5.41, 5.74) is 2.37. The predicted molar refractivity (Wildman–Crippen MR) is 98.8 cm³/mol.